The largest absolute Gasteiger partial charge is 0.496 e. The molecule has 72 valence electrons. The monoisotopic (exact) mass is 224 g/mol. The number of methoxy groups -OCH3 is 1. The number of carbonyl (C=O) groups is 1. The Balaban J connectivity index is 2.75. The van der Waals surface area contributed by atoms with Gasteiger partial charge in [0, 0.05) is 25.9 Å². The van der Waals surface area contributed by atoms with Crippen LogP contribution in [0.4, 0.5) is 0 Å². The molecule has 0 fully saturated rings. The minimum Gasteiger partial charge on any atom is -0.496 e. The number of thiol groups is 1. The summed E-state index contributed by atoms with van der Waals surface area (Å²) in [6.45, 7) is 0. The van der Waals surface area contributed by atoms with Gasteiger partial charge in [0.2, 0.25) is 0 Å². The minimum absolute atomic E-state index is 0.711. The van der Waals surface area contributed by atoms with Crippen LogP contribution in [-0.2, 0) is 0 Å². The molecule has 2 nitrogen and oxygen atoms in total. The number of aldehydes is 1. The molecule has 0 saturated heterocycles. The highest BCUT2D eigenvalue weighted by Gasteiger charge is 2.07. The van der Waals surface area contributed by atoms with Crippen LogP contribution in [0.3, 0.4) is 0 Å². The molecule has 0 N–H and O–H groups in total. The molecule has 0 bridgehead atoms. The van der Waals surface area contributed by atoms with E-state index in [-0.39, 0.29) is 0 Å². The molecule has 0 aliphatic heterocycles. The van der Waals surface area contributed by atoms with Gasteiger partial charge in [-0.1, -0.05) is 0 Å². The molecule has 2 rings (SSSR count). The van der Waals surface area contributed by atoms with Crippen LogP contribution in [0.15, 0.2) is 22.4 Å². The van der Waals surface area contributed by atoms with E-state index in [1.807, 2.05) is 17.5 Å². The molecule has 0 aliphatic rings. The topological polar surface area (TPSA) is 26.3 Å². The van der Waals surface area contributed by atoms with Crippen molar-refractivity contribution in [3.05, 3.63) is 23.1 Å². The zero-order valence-electron chi connectivity index (χ0n) is 7.48. The molecule has 14 heavy (non-hydrogen) atoms. The van der Waals surface area contributed by atoms with E-state index in [4.69, 9.17) is 4.74 Å². The molecule has 1 aromatic carbocycles. The number of carbonyl (C=O) groups excluding carboxylic acids is 1. The first-order chi connectivity index (χ1) is 6.76. The summed E-state index contributed by atoms with van der Waals surface area (Å²) in [7, 11) is 1.61. The molecule has 0 unspecified atom stereocenters. The third-order valence-corrected chi connectivity index (χ3v) is 3.34. The summed E-state index contributed by atoms with van der Waals surface area (Å²) in [5.41, 5.74) is 0.711. The van der Waals surface area contributed by atoms with Crippen LogP contribution >= 0.6 is 24.0 Å². The van der Waals surface area contributed by atoms with Gasteiger partial charge in [-0.25, -0.2) is 0 Å². The molecular formula is C10H8O2S2. The van der Waals surface area contributed by atoms with E-state index in [2.05, 4.69) is 12.6 Å². The van der Waals surface area contributed by atoms with Crippen molar-refractivity contribution in [1.29, 1.82) is 0 Å². The van der Waals surface area contributed by atoms with Crippen LogP contribution in [0.2, 0.25) is 0 Å². The van der Waals surface area contributed by atoms with Crippen molar-refractivity contribution in [2.24, 2.45) is 0 Å². The highest BCUT2D eigenvalue weighted by atomic mass is 32.1. The summed E-state index contributed by atoms with van der Waals surface area (Å²) in [4.78, 5) is 11.4. The highest BCUT2D eigenvalue weighted by Crippen LogP contribution is 2.33. The lowest BCUT2D eigenvalue weighted by atomic mass is 10.2. The van der Waals surface area contributed by atoms with Gasteiger partial charge in [-0.15, -0.1) is 24.0 Å². The lowest BCUT2D eigenvalue weighted by molar-refractivity contribution is 0.112. The smallest absolute Gasteiger partial charge is 0.151 e. The third kappa shape index (κ3) is 1.40. The normalized spacial score (nSPS) is 10.4. The second-order valence-electron chi connectivity index (χ2n) is 2.83. The number of benzene rings is 1. The molecule has 1 aromatic heterocycles. The second-order valence-corrected chi connectivity index (χ2v) is 4.22. The van der Waals surface area contributed by atoms with E-state index in [1.54, 1.807) is 7.11 Å². The van der Waals surface area contributed by atoms with Crippen molar-refractivity contribution in [3.63, 3.8) is 0 Å². The molecule has 0 spiro atoms. The predicted molar refractivity (Wildman–Crippen MR) is 61.0 cm³/mol. The Morgan fingerprint density at radius 1 is 1.50 bits per heavy atom. The maximum Gasteiger partial charge on any atom is 0.151 e. The van der Waals surface area contributed by atoms with Crippen molar-refractivity contribution in [3.8, 4) is 5.75 Å². The van der Waals surface area contributed by atoms with E-state index in [0.717, 1.165) is 27.0 Å². The third-order valence-electron chi connectivity index (χ3n) is 2.03. The van der Waals surface area contributed by atoms with Crippen molar-refractivity contribution in [1.82, 2.24) is 0 Å². The molecule has 0 atom stereocenters. The van der Waals surface area contributed by atoms with Crippen LogP contribution in [-0.4, -0.2) is 13.4 Å². The molecule has 0 radical (unpaired) electrons. The predicted octanol–water partition coefficient (Wildman–Crippen LogP) is 3.01. The molecule has 1 heterocycles. The summed E-state index contributed by atoms with van der Waals surface area (Å²) in [6.07, 6.45) is 0.860. The van der Waals surface area contributed by atoms with Crippen molar-refractivity contribution >= 4 is 40.3 Å². The zero-order chi connectivity index (χ0) is 10.1. The average molecular weight is 224 g/mol. The van der Waals surface area contributed by atoms with Gasteiger partial charge < -0.3 is 4.74 Å². The van der Waals surface area contributed by atoms with Gasteiger partial charge in [0.05, 0.1) is 7.11 Å². The average Bonchev–Trinajstić information content (AvgIpc) is 2.58. The number of hydrogen-bond donors (Lipinski definition) is 1. The Kier molecular flexibility index (Phi) is 2.48. The van der Waals surface area contributed by atoms with Gasteiger partial charge in [0.1, 0.15) is 5.75 Å². The summed E-state index contributed by atoms with van der Waals surface area (Å²) in [6, 6.07) is 3.76. The fraction of sp³-hybridized carbons (Fsp3) is 0.100. The Labute approximate surface area is 90.9 Å². The lowest BCUT2D eigenvalue weighted by Gasteiger charge is -2.03. The maximum atomic E-state index is 10.7. The fourth-order valence-corrected chi connectivity index (χ4v) is 2.52. The number of rotatable bonds is 2. The van der Waals surface area contributed by atoms with Gasteiger partial charge in [-0.3, -0.25) is 4.79 Å². The summed E-state index contributed by atoms with van der Waals surface area (Å²) >= 11 is 5.81. The maximum absolute atomic E-state index is 10.7. The highest BCUT2D eigenvalue weighted by molar-refractivity contribution is 7.80. The molecule has 0 amide bonds. The van der Waals surface area contributed by atoms with Gasteiger partial charge in [-0.05, 0) is 12.1 Å². The van der Waals surface area contributed by atoms with E-state index in [0.29, 0.717) is 5.56 Å². The quantitative estimate of drug-likeness (QED) is 0.627. The van der Waals surface area contributed by atoms with Gasteiger partial charge in [0.15, 0.2) is 6.29 Å². The van der Waals surface area contributed by atoms with Crippen LogP contribution in [0.1, 0.15) is 10.4 Å². The lowest BCUT2D eigenvalue weighted by Crippen LogP contribution is -1.84. The van der Waals surface area contributed by atoms with E-state index in [9.17, 15) is 4.79 Å². The van der Waals surface area contributed by atoms with Crippen molar-refractivity contribution < 1.29 is 9.53 Å². The first-order valence-electron chi connectivity index (χ1n) is 3.99. The SMILES string of the molecule is COc1cc2scc(C=O)c2cc1S. The Morgan fingerprint density at radius 2 is 2.29 bits per heavy atom. The van der Waals surface area contributed by atoms with Crippen molar-refractivity contribution in [2.75, 3.05) is 7.11 Å². The number of hydrogen-bond acceptors (Lipinski definition) is 4. The van der Waals surface area contributed by atoms with Gasteiger partial charge >= 0.3 is 0 Å². The number of thiophene rings is 1. The number of fused-ring (bicyclic) bond motifs is 1. The van der Waals surface area contributed by atoms with Crippen molar-refractivity contribution in [2.45, 2.75) is 4.90 Å². The van der Waals surface area contributed by atoms with Crippen LogP contribution in [0.25, 0.3) is 10.1 Å². The van der Waals surface area contributed by atoms with E-state index >= 15 is 0 Å². The van der Waals surface area contributed by atoms with E-state index in [1.165, 1.54) is 11.3 Å². The molecular weight excluding hydrogens is 216 g/mol. The Morgan fingerprint density at radius 3 is 2.93 bits per heavy atom. The second kappa shape index (κ2) is 3.63. The van der Waals surface area contributed by atoms with Crippen LogP contribution < -0.4 is 4.74 Å². The van der Waals surface area contributed by atoms with Gasteiger partial charge in [-0.2, -0.15) is 0 Å². The Bertz CT molecular complexity index is 488. The van der Waals surface area contributed by atoms with Crippen LogP contribution in [0.5, 0.6) is 5.75 Å². The first kappa shape index (κ1) is 9.55. The van der Waals surface area contributed by atoms with Crippen LogP contribution in [0, 0.1) is 0 Å². The molecule has 2 aromatic rings. The summed E-state index contributed by atoms with van der Waals surface area (Å²) in [5.74, 6) is 0.736. The van der Waals surface area contributed by atoms with E-state index < -0.39 is 0 Å². The molecule has 0 aliphatic carbocycles. The fourth-order valence-electron chi connectivity index (χ4n) is 1.32. The first-order valence-corrected chi connectivity index (χ1v) is 5.32. The Hall–Kier alpha value is -1.00. The summed E-state index contributed by atoms with van der Waals surface area (Å²) < 4.78 is 6.18. The molecule has 0 saturated carbocycles. The summed E-state index contributed by atoms with van der Waals surface area (Å²) in [5, 5.41) is 2.78. The standard InChI is InChI=1S/C10H8O2S2/c1-12-8-3-10-7(2-9(8)13)6(4-11)5-14-10/h2-5,13H,1H3. The minimum atomic E-state index is 0.711. The number of ether oxygens (including phenoxy) is 1. The van der Waals surface area contributed by atoms with Gasteiger partial charge in [0.25, 0.3) is 0 Å². The molecule has 4 heteroatoms. The zero-order valence-corrected chi connectivity index (χ0v) is 9.19.